The van der Waals surface area contributed by atoms with Crippen molar-refractivity contribution < 1.29 is 18.6 Å². The first kappa shape index (κ1) is 13.9. The molecule has 1 aliphatic heterocycles. The Kier molecular flexibility index (Phi) is 3.10. The summed E-state index contributed by atoms with van der Waals surface area (Å²) in [5.74, 6) is -0.932. The molecule has 0 atom stereocenters. The van der Waals surface area contributed by atoms with Crippen LogP contribution in [0, 0.1) is 16.1 Å². The highest BCUT2D eigenvalue weighted by atomic mass is 19.1. The van der Waals surface area contributed by atoms with Crippen LogP contribution in [0.2, 0.25) is 0 Å². The van der Waals surface area contributed by atoms with E-state index in [0.717, 1.165) is 12.1 Å². The second kappa shape index (κ2) is 4.24. The van der Waals surface area contributed by atoms with Crippen LogP contribution in [-0.2, 0) is 9.31 Å². The van der Waals surface area contributed by atoms with Crippen molar-refractivity contribution in [1.29, 1.82) is 0 Å². The number of nitro groups is 1. The van der Waals surface area contributed by atoms with E-state index < -0.39 is 29.2 Å². The molecule has 1 aromatic heterocycles. The molecule has 0 N–H and O–H groups in total. The van der Waals surface area contributed by atoms with Crippen LogP contribution in [0.1, 0.15) is 27.7 Å². The summed E-state index contributed by atoms with van der Waals surface area (Å²) in [6, 6.07) is 1.92. The number of rotatable bonds is 2. The highest BCUT2D eigenvalue weighted by Gasteiger charge is 2.52. The molecule has 0 bridgehead atoms. The average Bonchev–Trinajstić information content (AvgIpc) is 2.47. The van der Waals surface area contributed by atoms with Gasteiger partial charge < -0.3 is 9.31 Å². The van der Waals surface area contributed by atoms with Gasteiger partial charge >= 0.3 is 7.12 Å². The normalized spacial score (nSPS) is 20.6. The second-order valence-electron chi connectivity index (χ2n) is 5.42. The van der Waals surface area contributed by atoms with Crippen molar-refractivity contribution in [2.45, 2.75) is 38.9 Å². The molecule has 2 heterocycles. The minimum absolute atomic E-state index is 0.0605. The maximum absolute atomic E-state index is 13.3. The van der Waals surface area contributed by atoms with Crippen LogP contribution >= 0.6 is 0 Å². The largest absolute Gasteiger partial charge is 0.514 e. The molecule has 0 spiro atoms. The Morgan fingerprint density at radius 2 is 1.79 bits per heavy atom. The summed E-state index contributed by atoms with van der Waals surface area (Å²) >= 11 is 0. The van der Waals surface area contributed by atoms with Gasteiger partial charge in [0.25, 0.3) is 5.69 Å². The predicted molar refractivity (Wildman–Crippen MR) is 66.6 cm³/mol. The first-order chi connectivity index (χ1) is 8.62. The topological polar surface area (TPSA) is 74.5 Å². The number of aromatic nitrogens is 1. The smallest absolute Gasteiger partial charge is 0.398 e. The van der Waals surface area contributed by atoms with E-state index in [-0.39, 0.29) is 11.3 Å². The van der Waals surface area contributed by atoms with Crippen LogP contribution in [0.4, 0.5) is 10.1 Å². The van der Waals surface area contributed by atoms with Gasteiger partial charge in [0.15, 0.2) is 0 Å². The van der Waals surface area contributed by atoms with Crippen LogP contribution in [0.3, 0.4) is 0 Å². The zero-order valence-electron chi connectivity index (χ0n) is 11.1. The van der Waals surface area contributed by atoms with Gasteiger partial charge in [0, 0.05) is 6.07 Å². The Hall–Kier alpha value is -1.54. The zero-order chi connectivity index (χ0) is 14.4. The molecule has 6 nitrogen and oxygen atoms in total. The first-order valence-electron chi connectivity index (χ1n) is 5.80. The van der Waals surface area contributed by atoms with E-state index in [2.05, 4.69) is 4.98 Å². The molecule has 1 fully saturated rings. The van der Waals surface area contributed by atoms with E-state index in [0.29, 0.717) is 0 Å². The number of pyridine rings is 1. The summed E-state index contributed by atoms with van der Waals surface area (Å²) in [4.78, 5) is 13.6. The fourth-order valence-electron chi connectivity index (χ4n) is 1.69. The maximum atomic E-state index is 13.3. The van der Waals surface area contributed by atoms with E-state index in [9.17, 15) is 14.5 Å². The summed E-state index contributed by atoms with van der Waals surface area (Å²) in [5.41, 5.74) is -1.54. The van der Waals surface area contributed by atoms with Crippen molar-refractivity contribution in [1.82, 2.24) is 4.98 Å². The van der Waals surface area contributed by atoms with E-state index >= 15 is 0 Å². The SMILES string of the molecule is CC1(C)OB(c2cc([N+](=O)[O-])cc(F)n2)OC1(C)C. The van der Waals surface area contributed by atoms with Gasteiger partial charge in [-0.15, -0.1) is 0 Å². The predicted octanol–water partition coefficient (Wildman–Crippen LogP) is 1.43. The quantitative estimate of drug-likeness (QED) is 0.351. The third-order valence-electron chi connectivity index (χ3n) is 3.50. The Morgan fingerprint density at radius 3 is 2.26 bits per heavy atom. The lowest BCUT2D eigenvalue weighted by Gasteiger charge is -2.32. The van der Waals surface area contributed by atoms with Gasteiger partial charge in [-0.1, -0.05) is 0 Å². The minimum Gasteiger partial charge on any atom is -0.398 e. The number of hydrogen-bond donors (Lipinski definition) is 0. The number of nitrogens with zero attached hydrogens (tertiary/aromatic N) is 2. The molecule has 1 aliphatic rings. The minimum atomic E-state index is -0.932. The molecule has 0 saturated carbocycles. The second-order valence-corrected chi connectivity index (χ2v) is 5.42. The molecule has 2 rings (SSSR count). The van der Waals surface area contributed by atoms with Gasteiger partial charge in [-0.2, -0.15) is 4.39 Å². The summed E-state index contributed by atoms with van der Waals surface area (Å²) in [7, 11) is -0.917. The average molecular weight is 268 g/mol. The van der Waals surface area contributed by atoms with E-state index in [1.165, 1.54) is 0 Å². The lowest BCUT2D eigenvalue weighted by molar-refractivity contribution is -0.385. The zero-order valence-corrected chi connectivity index (χ0v) is 11.1. The highest BCUT2D eigenvalue weighted by Crippen LogP contribution is 2.36. The summed E-state index contributed by atoms with van der Waals surface area (Å²) in [6.07, 6.45) is 0. The third kappa shape index (κ3) is 2.45. The lowest BCUT2D eigenvalue weighted by Crippen LogP contribution is -2.41. The molecule has 102 valence electrons. The van der Waals surface area contributed by atoms with Crippen molar-refractivity contribution in [3.05, 3.63) is 28.2 Å². The Morgan fingerprint density at radius 1 is 1.26 bits per heavy atom. The molecule has 0 aliphatic carbocycles. The van der Waals surface area contributed by atoms with Crippen molar-refractivity contribution in [2.75, 3.05) is 0 Å². The first-order valence-corrected chi connectivity index (χ1v) is 5.80. The van der Waals surface area contributed by atoms with Crippen LogP contribution < -0.4 is 5.59 Å². The molecule has 0 aromatic carbocycles. The molecular formula is C11H14BFN2O4. The van der Waals surface area contributed by atoms with Crippen LogP contribution in [0.5, 0.6) is 0 Å². The van der Waals surface area contributed by atoms with Crippen LogP contribution in [0.25, 0.3) is 0 Å². The molecule has 0 radical (unpaired) electrons. The molecule has 1 aromatic rings. The monoisotopic (exact) mass is 268 g/mol. The van der Waals surface area contributed by atoms with Gasteiger partial charge in [-0.3, -0.25) is 10.1 Å². The summed E-state index contributed by atoms with van der Waals surface area (Å²) in [6.45, 7) is 7.34. The highest BCUT2D eigenvalue weighted by molar-refractivity contribution is 6.61. The van der Waals surface area contributed by atoms with E-state index in [1.54, 1.807) is 0 Å². The Balaban J connectivity index is 2.37. The van der Waals surface area contributed by atoms with Crippen LogP contribution in [-0.4, -0.2) is 28.2 Å². The third-order valence-corrected chi connectivity index (χ3v) is 3.50. The summed E-state index contributed by atoms with van der Waals surface area (Å²) in [5, 5.41) is 10.7. The molecular weight excluding hydrogens is 254 g/mol. The van der Waals surface area contributed by atoms with Crippen molar-refractivity contribution in [3.63, 3.8) is 0 Å². The Bertz CT molecular complexity index is 519. The van der Waals surface area contributed by atoms with Gasteiger partial charge in [0.2, 0.25) is 5.95 Å². The lowest BCUT2D eigenvalue weighted by atomic mass is 9.84. The Labute approximate surface area is 110 Å². The molecule has 19 heavy (non-hydrogen) atoms. The number of hydrogen-bond acceptors (Lipinski definition) is 5. The van der Waals surface area contributed by atoms with E-state index in [4.69, 9.17) is 9.31 Å². The van der Waals surface area contributed by atoms with Crippen molar-refractivity contribution in [2.24, 2.45) is 0 Å². The summed E-state index contributed by atoms with van der Waals surface area (Å²) < 4.78 is 24.6. The molecule has 0 amide bonds. The van der Waals surface area contributed by atoms with Gasteiger partial charge in [0.05, 0.1) is 27.8 Å². The fourth-order valence-corrected chi connectivity index (χ4v) is 1.69. The molecule has 0 unspecified atom stereocenters. The van der Waals surface area contributed by atoms with Gasteiger partial charge in [-0.05, 0) is 27.7 Å². The van der Waals surface area contributed by atoms with Gasteiger partial charge in [-0.25, -0.2) is 4.98 Å². The van der Waals surface area contributed by atoms with Crippen molar-refractivity contribution in [3.8, 4) is 0 Å². The van der Waals surface area contributed by atoms with E-state index in [1.807, 2.05) is 27.7 Å². The maximum Gasteiger partial charge on any atom is 0.514 e. The standard InChI is InChI=1S/C11H14BFN2O4/c1-10(2)11(3,4)19-12(18-10)8-5-7(15(16)17)6-9(13)14-8/h5-6H,1-4H3. The number of halogens is 1. The molecule has 8 heteroatoms. The van der Waals surface area contributed by atoms with Crippen molar-refractivity contribution >= 4 is 18.4 Å². The van der Waals surface area contributed by atoms with Crippen LogP contribution in [0.15, 0.2) is 12.1 Å². The molecule has 1 saturated heterocycles. The fraction of sp³-hybridized carbons (Fsp3) is 0.545. The van der Waals surface area contributed by atoms with Gasteiger partial charge in [0.1, 0.15) is 0 Å².